The van der Waals surface area contributed by atoms with Gasteiger partial charge in [0.1, 0.15) is 11.6 Å². The third-order valence-electron chi connectivity index (χ3n) is 6.21. The first-order valence-electron chi connectivity index (χ1n) is 10.2. The number of aryl methyl sites for hydroxylation is 2. The van der Waals surface area contributed by atoms with Crippen LogP contribution in [0.5, 0.6) is 0 Å². The number of oxazole rings is 1. The second kappa shape index (κ2) is 7.24. The van der Waals surface area contributed by atoms with Gasteiger partial charge in [-0.3, -0.25) is 9.80 Å². The molecule has 5 rings (SSSR count). The lowest BCUT2D eigenvalue weighted by molar-refractivity contribution is 0.0205. The molecule has 6 heteroatoms. The van der Waals surface area contributed by atoms with Crippen molar-refractivity contribution < 1.29 is 8.81 Å². The van der Waals surface area contributed by atoms with Crippen LogP contribution in [0.3, 0.4) is 0 Å². The largest absolute Gasteiger partial charge is 0.444 e. The molecule has 0 unspecified atom stereocenters. The van der Waals surface area contributed by atoms with E-state index < -0.39 is 0 Å². The summed E-state index contributed by atoms with van der Waals surface area (Å²) in [6, 6.07) is 7.50. The molecule has 144 valence electrons. The topological polar surface area (TPSA) is 35.8 Å². The first-order valence-corrected chi connectivity index (χ1v) is 10.2. The number of likely N-dealkylation sites (tertiary alicyclic amines) is 1. The third-order valence-corrected chi connectivity index (χ3v) is 6.21. The van der Waals surface area contributed by atoms with Crippen LogP contribution in [0, 0.1) is 5.82 Å². The molecular formula is C21H27FN4O. The molecule has 2 fully saturated rings. The fourth-order valence-electron chi connectivity index (χ4n) is 4.56. The first-order chi connectivity index (χ1) is 13.2. The monoisotopic (exact) mass is 370 g/mol. The van der Waals surface area contributed by atoms with E-state index in [1.165, 1.54) is 18.5 Å². The second-order valence-corrected chi connectivity index (χ2v) is 8.03. The van der Waals surface area contributed by atoms with Crippen molar-refractivity contribution >= 4 is 5.69 Å². The van der Waals surface area contributed by atoms with Gasteiger partial charge in [-0.1, -0.05) is 0 Å². The number of hydrogen-bond acceptors (Lipinski definition) is 5. The average Bonchev–Trinajstić information content (AvgIpc) is 3.08. The Balaban J connectivity index is 1.09. The maximum absolute atomic E-state index is 13.1. The van der Waals surface area contributed by atoms with Gasteiger partial charge in [-0.05, 0) is 43.5 Å². The minimum atomic E-state index is -0.168. The van der Waals surface area contributed by atoms with Crippen LogP contribution in [-0.4, -0.2) is 60.1 Å². The van der Waals surface area contributed by atoms with Crippen molar-refractivity contribution in [2.24, 2.45) is 0 Å². The number of fused-ring (bicyclic) bond motifs is 1. The zero-order valence-electron chi connectivity index (χ0n) is 15.7. The highest BCUT2D eigenvalue weighted by atomic mass is 19.1. The van der Waals surface area contributed by atoms with Crippen LogP contribution in [0.2, 0.25) is 0 Å². The maximum atomic E-state index is 13.1. The van der Waals surface area contributed by atoms with Gasteiger partial charge in [0.2, 0.25) is 5.89 Å². The minimum Gasteiger partial charge on any atom is -0.444 e. The zero-order chi connectivity index (χ0) is 18.2. The molecular weight excluding hydrogens is 343 g/mol. The smallest absolute Gasteiger partial charge is 0.208 e. The summed E-state index contributed by atoms with van der Waals surface area (Å²) in [6.07, 6.45) is 4.62. The summed E-state index contributed by atoms with van der Waals surface area (Å²) in [5, 5.41) is 0. The first kappa shape index (κ1) is 17.2. The number of benzene rings is 1. The summed E-state index contributed by atoms with van der Waals surface area (Å²) in [5.74, 6) is 1.87. The van der Waals surface area contributed by atoms with E-state index in [1.807, 2.05) is 12.1 Å². The molecule has 27 heavy (non-hydrogen) atoms. The van der Waals surface area contributed by atoms with E-state index >= 15 is 0 Å². The lowest BCUT2D eigenvalue weighted by Gasteiger charge is -2.48. The van der Waals surface area contributed by atoms with E-state index in [-0.39, 0.29) is 5.82 Å². The minimum absolute atomic E-state index is 0.168. The number of piperazine rings is 1. The van der Waals surface area contributed by atoms with E-state index in [4.69, 9.17) is 9.40 Å². The molecule has 0 bridgehead atoms. The van der Waals surface area contributed by atoms with Crippen LogP contribution in [0.15, 0.2) is 28.7 Å². The van der Waals surface area contributed by atoms with Crippen LogP contribution in [0.1, 0.15) is 30.2 Å². The lowest BCUT2D eigenvalue weighted by Crippen LogP contribution is -2.62. The Morgan fingerprint density at radius 2 is 1.74 bits per heavy atom. The van der Waals surface area contributed by atoms with E-state index in [9.17, 15) is 4.39 Å². The third kappa shape index (κ3) is 3.60. The highest BCUT2D eigenvalue weighted by Crippen LogP contribution is 2.25. The molecule has 0 amide bonds. The number of hydrogen-bond donors (Lipinski definition) is 0. The summed E-state index contributed by atoms with van der Waals surface area (Å²) in [6.45, 7) is 7.21. The summed E-state index contributed by atoms with van der Waals surface area (Å²) in [4.78, 5) is 12.1. The van der Waals surface area contributed by atoms with Crippen LogP contribution < -0.4 is 4.90 Å². The number of aromatic nitrogens is 1. The van der Waals surface area contributed by atoms with Gasteiger partial charge >= 0.3 is 0 Å². The second-order valence-electron chi connectivity index (χ2n) is 8.03. The Labute approximate surface area is 159 Å². The van der Waals surface area contributed by atoms with E-state index in [1.54, 1.807) is 12.1 Å². The lowest BCUT2D eigenvalue weighted by atomic mass is 10.0. The standard InChI is InChI=1S/C21H27FN4O/c22-16-5-7-17(8-6-16)25-9-11-26(12-10-25)18-13-24(14-18)15-21-23-19-3-1-2-4-20(19)27-21/h5-8,18H,1-4,9-15H2. The SMILES string of the molecule is Fc1ccc(N2CCN(C3CN(Cc4nc5c(o4)CCCC5)C3)CC2)cc1. The molecule has 3 heterocycles. The molecule has 1 aliphatic carbocycles. The normalized spacial score (nSPS) is 21.9. The Hall–Kier alpha value is -1.92. The van der Waals surface area contributed by atoms with Gasteiger partial charge in [0, 0.05) is 57.4 Å². The van der Waals surface area contributed by atoms with Crippen molar-refractivity contribution in [3.63, 3.8) is 0 Å². The van der Waals surface area contributed by atoms with Crippen LogP contribution >= 0.6 is 0 Å². The molecule has 0 saturated carbocycles. The van der Waals surface area contributed by atoms with Gasteiger partial charge in [0.05, 0.1) is 12.2 Å². The molecule has 0 N–H and O–H groups in total. The highest BCUT2D eigenvalue weighted by Gasteiger charge is 2.34. The number of anilines is 1. The molecule has 3 aliphatic rings. The molecule has 0 atom stereocenters. The van der Waals surface area contributed by atoms with E-state index in [2.05, 4.69) is 14.7 Å². The summed E-state index contributed by atoms with van der Waals surface area (Å²) in [7, 11) is 0. The van der Waals surface area contributed by atoms with E-state index in [0.717, 1.165) is 76.0 Å². The summed E-state index contributed by atoms with van der Waals surface area (Å²) >= 11 is 0. The van der Waals surface area contributed by atoms with Crippen molar-refractivity contribution in [2.75, 3.05) is 44.2 Å². The Bertz CT molecular complexity index is 752. The van der Waals surface area contributed by atoms with Crippen molar-refractivity contribution in [3.8, 4) is 0 Å². The van der Waals surface area contributed by atoms with Crippen molar-refractivity contribution in [1.29, 1.82) is 0 Å². The quantitative estimate of drug-likeness (QED) is 0.827. The van der Waals surface area contributed by atoms with Crippen LogP contribution in [0.4, 0.5) is 10.1 Å². The van der Waals surface area contributed by atoms with Gasteiger partial charge in [-0.15, -0.1) is 0 Å². The van der Waals surface area contributed by atoms with Gasteiger partial charge in [0.25, 0.3) is 0 Å². The molecule has 1 aromatic carbocycles. The maximum Gasteiger partial charge on any atom is 0.208 e. The Kier molecular flexibility index (Phi) is 4.61. The fourth-order valence-corrected chi connectivity index (χ4v) is 4.56. The number of rotatable bonds is 4. The molecule has 2 aliphatic heterocycles. The molecule has 1 aromatic heterocycles. The van der Waals surface area contributed by atoms with Gasteiger partial charge < -0.3 is 9.32 Å². The van der Waals surface area contributed by atoms with Gasteiger partial charge in [-0.2, -0.15) is 0 Å². The molecule has 0 radical (unpaired) electrons. The molecule has 2 aromatic rings. The average molecular weight is 370 g/mol. The highest BCUT2D eigenvalue weighted by molar-refractivity contribution is 5.46. The van der Waals surface area contributed by atoms with Crippen LogP contribution in [0.25, 0.3) is 0 Å². The van der Waals surface area contributed by atoms with Crippen LogP contribution in [-0.2, 0) is 19.4 Å². The predicted octanol–water partition coefficient (Wildman–Crippen LogP) is 2.70. The zero-order valence-corrected chi connectivity index (χ0v) is 15.7. The number of nitrogens with zero attached hydrogens (tertiary/aromatic N) is 4. The van der Waals surface area contributed by atoms with E-state index in [0.29, 0.717) is 6.04 Å². The molecule has 2 saturated heterocycles. The van der Waals surface area contributed by atoms with Gasteiger partial charge in [-0.25, -0.2) is 9.37 Å². The van der Waals surface area contributed by atoms with Crippen molar-refractivity contribution in [3.05, 3.63) is 47.4 Å². The Morgan fingerprint density at radius 3 is 2.48 bits per heavy atom. The van der Waals surface area contributed by atoms with Crippen molar-refractivity contribution in [2.45, 2.75) is 38.3 Å². The van der Waals surface area contributed by atoms with Gasteiger partial charge in [0.15, 0.2) is 0 Å². The summed E-state index contributed by atoms with van der Waals surface area (Å²) in [5.41, 5.74) is 2.32. The number of halogens is 1. The Morgan fingerprint density at radius 1 is 1.00 bits per heavy atom. The summed E-state index contributed by atoms with van der Waals surface area (Å²) < 4.78 is 19.1. The fraction of sp³-hybridized carbons (Fsp3) is 0.571. The van der Waals surface area contributed by atoms with Crippen molar-refractivity contribution in [1.82, 2.24) is 14.8 Å². The predicted molar refractivity (Wildman–Crippen MR) is 102 cm³/mol. The molecule has 0 spiro atoms. The molecule has 5 nitrogen and oxygen atoms in total.